The fraction of sp³-hybridized carbons (Fsp3) is 0.154. The van der Waals surface area contributed by atoms with E-state index >= 15 is 0 Å². The lowest BCUT2D eigenvalue weighted by Crippen LogP contribution is -2.15. The van der Waals surface area contributed by atoms with Crippen LogP contribution in [0.1, 0.15) is 5.69 Å². The second-order valence-electron chi connectivity index (χ2n) is 4.16. The predicted molar refractivity (Wildman–Crippen MR) is 82.8 cm³/mol. The lowest BCUT2D eigenvalue weighted by atomic mass is 10.3. The number of rotatable bonds is 4. The number of nitrogens with zero attached hydrogens (tertiary/aromatic N) is 2. The zero-order chi connectivity index (χ0) is 17.0. The molecule has 4 nitrogen and oxygen atoms in total. The van der Waals surface area contributed by atoms with E-state index in [4.69, 9.17) is 23.2 Å². The summed E-state index contributed by atoms with van der Waals surface area (Å²) in [6, 6.07) is 5.48. The van der Waals surface area contributed by atoms with Gasteiger partial charge >= 0.3 is 6.18 Å². The molecule has 0 saturated carbocycles. The molecule has 0 aliphatic rings. The van der Waals surface area contributed by atoms with Gasteiger partial charge in [0.15, 0.2) is 5.16 Å². The molecular weight excluding hydrogens is 374 g/mol. The van der Waals surface area contributed by atoms with Gasteiger partial charge < -0.3 is 5.32 Å². The fourth-order valence-electron chi connectivity index (χ4n) is 1.48. The largest absolute Gasteiger partial charge is 0.433 e. The standard InChI is InChI=1S/C13H8Cl2F3N3OS/c14-7-2-1-3-8(11(7)15)20-10(22)6-23-12-19-5-4-9(21-12)13(16,17)18/h1-5H,6H2,(H,20,22). The molecule has 0 bridgehead atoms. The van der Waals surface area contributed by atoms with Gasteiger partial charge in [-0.2, -0.15) is 13.2 Å². The van der Waals surface area contributed by atoms with Crippen LogP contribution in [-0.2, 0) is 11.0 Å². The number of hydrogen-bond acceptors (Lipinski definition) is 4. The molecule has 23 heavy (non-hydrogen) atoms. The number of anilines is 1. The number of thioether (sulfide) groups is 1. The number of carbonyl (C=O) groups is 1. The van der Waals surface area contributed by atoms with Crippen molar-refractivity contribution >= 4 is 46.6 Å². The van der Waals surface area contributed by atoms with Gasteiger partial charge in [-0.25, -0.2) is 9.97 Å². The van der Waals surface area contributed by atoms with Crippen LogP contribution in [0.4, 0.5) is 18.9 Å². The summed E-state index contributed by atoms with van der Waals surface area (Å²) in [5, 5.41) is 2.83. The molecule has 122 valence electrons. The summed E-state index contributed by atoms with van der Waals surface area (Å²) in [5.74, 6) is -0.648. The summed E-state index contributed by atoms with van der Waals surface area (Å²) in [7, 11) is 0. The van der Waals surface area contributed by atoms with E-state index in [1.54, 1.807) is 18.2 Å². The van der Waals surface area contributed by atoms with Crippen LogP contribution in [0.25, 0.3) is 0 Å². The highest BCUT2D eigenvalue weighted by atomic mass is 35.5. The first-order chi connectivity index (χ1) is 10.8. The van der Waals surface area contributed by atoms with Gasteiger partial charge in [0.25, 0.3) is 0 Å². The molecule has 0 saturated heterocycles. The Morgan fingerprint density at radius 1 is 1.26 bits per heavy atom. The molecule has 0 spiro atoms. The molecule has 0 atom stereocenters. The number of halogens is 5. The maximum Gasteiger partial charge on any atom is 0.433 e. The Morgan fingerprint density at radius 3 is 2.70 bits per heavy atom. The minimum absolute atomic E-state index is 0.146. The van der Waals surface area contributed by atoms with Crippen molar-refractivity contribution in [3.05, 3.63) is 46.2 Å². The van der Waals surface area contributed by atoms with Gasteiger partial charge in [0.2, 0.25) is 5.91 Å². The minimum Gasteiger partial charge on any atom is -0.324 e. The molecule has 1 aromatic carbocycles. The zero-order valence-corrected chi connectivity index (χ0v) is 13.5. The van der Waals surface area contributed by atoms with Gasteiger partial charge in [-0.05, 0) is 18.2 Å². The molecule has 0 aliphatic heterocycles. The Morgan fingerprint density at radius 2 is 2.00 bits per heavy atom. The average molecular weight is 382 g/mol. The smallest absolute Gasteiger partial charge is 0.324 e. The minimum atomic E-state index is -4.56. The van der Waals surface area contributed by atoms with Crippen LogP contribution in [-0.4, -0.2) is 21.6 Å². The van der Waals surface area contributed by atoms with Crippen molar-refractivity contribution < 1.29 is 18.0 Å². The summed E-state index contributed by atoms with van der Waals surface area (Å²) < 4.78 is 37.6. The molecular formula is C13H8Cl2F3N3OS. The number of hydrogen-bond donors (Lipinski definition) is 1. The van der Waals surface area contributed by atoms with Gasteiger partial charge in [0.1, 0.15) is 5.69 Å². The third kappa shape index (κ3) is 4.98. The van der Waals surface area contributed by atoms with Crippen LogP contribution in [0, 0.1) is 0 Å². The number of alkyl halides is 3. The number of benzene rings is 1. The lowest BCUT2D eigenvalue weighted by Gasteiger charge is -2.08. The van der Waals surface area contributed by atoms with Crippen molar-refractivity contribution in [2.45, 2.75) is 11.3 Å². The van der Waals surface area contributed by atoms with E-state index in [1.807, 2.05) is 0 Å². The molecule has 0 fully saturated rings. The maximum atomic E-state index is 12.5. The number of aromatic nitrogens is 2. The van der Waals surface area contributed by atoms with Crippen LogP contribution >= 0.6 is 35.0 Å². The quantitative estimate of drug-likeness (QED) is 0.624. The second-order valence-corrected chi connectivity index (χ2v) is 5.89. The topological polar surface area (TPSA) is 54.9 Å². The fourth-order valence-corrected chi connectivity index (χ4v) is 2.46. The van der Waals surface area contributed by atoms with Crippen LogP contribution in [0.5, 0.6) is 0 Å². The van der Waals surface area contributed by atoms with E-state index in [-0.39, 0.29) is 21.0 Å². The summed E-state index contributed by atoms with van der Waals surface area (Å²) in [6.07, 6.45) is -3.57. The highest BCUT2D eigenvalue weighted by Crippen LogP contribution is 2.30. The molecule has 1 amide bonds. The van der Waals surface area contributed by atoms with E-state index in [0.717, 1.165) is 24.0 Å². The van der Waals surface area contributed by atoms with Crippen molar-refractivity contribution in [1.82, 2.24) is 9.97 Å². The van der Waals surface area contributed by atoms with Gasteiger partial charge in [0.05, 0.1) is 21.5 Å². The van der Waals surface area contributed by atoms with Crippen LogP contribution in [0.15, 0.2) is 35.6 Å². The molecule has 2 rings (SSSR count). The first kappa shape index (κ1) is 17.8. The lowest BCUT2D eigenvalue weighted by molar-refractivity contribution is -0.141. The summed E-state index contributed by atoms with van der Waals surface area (Å²) >= 11 is 12.5. The summed E-state index contributed by atoms with van der Waals surface area (Å²) in [6.45, 7) is 0. The summed E-state index contributed by atoms with van der Waals surface area (Å²) in [5.41, 5.74) is -0.747. The van der Waals surface area contributed by atoms with Crippen molar-refractivity contribution in [3.8, 4) is 0 Å². The van der Waals surface area contributed by atoms with Crippen LogP contribution in [0.2, 0.25) is 10.0 Å². The Labute approximate surface area is 143 Å². The predicted octanol–water partition coefficient (Wildman–Crippen LogP) is 4.53. The van der Waals surface area contributed by atoms with Crippen molar-refractivity contribution in [2.24, 2.45) is 0 Å². The Balaban J connectivity index is 1.98. The van der Waals surface area contributed by atoms with E-state index in [0.29, 0.717) is 5.69 Å². The third-order valence-electron chi connectivity index (χ3n) is 2.48. The molecule has 1 N–H and O–H groups in total. The first-order valence-electron chi connectivity index (χ1n) is 6.04. The number of nitrogens with one attached hydrogen (secondary N) is 1. The van der Waals surface area contributed by atoms with Crippen molar-refractivity contribution in [3.63, 3.8) is 0 Å². The van der Waals surface area contributed by atoms with E-state index in [2.05, 4.69) is 15.3 Å². The van der Waals surface area contributed by atoms with Gasteiger partial charge in [-0.3, -0.25) is 4.79 Å². The molecule has 0 radical (unpaired) electrons. The number of amides is 1. The Bertz CT molecular complexity index is 728. The SMILES string of the molecule is O=C(CSc1nccc(C(F)(F)F)n1)Nc1cccc(Cl)c1Cl. The first-order valence-corrected chi connectivity index (χ1v) is 7.78. The van der Waals surface area contributed by atoms with Crippen molar-refractivity contribution in [2.75, 3.05) is 11.1 Å². The van der Waals surface area contributed by atoms with Gasteiger partial charge in [-0.15, -0.1) is 0 Å². The summed E-state index contributed by atoms with van der Waals surface area (Å²) in [4.78, 5) is 18.9. The molecule has 2 aromatic rings. The van der Waals surface area contributed by atoms with E-state index in [1.165, 1.54) is 0 Å². The van der Waals surface area contributed by atoms with E-state index in [9.17, 15) is 18.0 Å². The highest BCUT2D eigenvalue weighted by Gasteiger charge is 2.32. The molecule has 10 heteroatoms. The number of carbonyl (C=O) groups excluding carboxylic acids is 1. The Kier molecular flexibility index (Phi) is 5.72. The van der Waals surface area contributed by atoms with Crippen molar-refractivity contribution in [1.29, 1.82) is 0 Å². The second kappa shape index (κ2) is 7.37. The van der Waals surface area contributed by atoms with E-state index < -0.39 is 17.8 Å². The van der Waals surface area contributed by atoms with Gasteiger partial charge in [-0.1, -0.05) is 41.0 Å². The Hall–Kier alpha value is -1.51. The molecule has 1 heterocycles. The highest BCUT2D eigenvalue weighted by molar-refractivity contribution is 7.99. The van der Waals surface area contributed by atoms with Crippen LogP contribution < -0.4 is 5.32 Å². The average Bonchev–Trinajstić information content (AvgIpc) is 2.49. The molecule has 0 aliphatic carbocycles. The monoisotopic (exact) mass is 381 g/mol. The zero-order valence-electron chi connectivity index (χ0n) is 11.2. The van der Waals surface area contributed by atoms with Crippen LogP contribution in [0.3, 0.4) is 0 Å². The maximum absolute atomic E-state index is 12.5. The molecule has 1 aromatic heterocycles. The third-order valence-corrected chi connectivity index (χ3v) is 4.16. The van der Waals surface area contributed by atoms with Gasteiger partial charge in [0, 0.05) is 6.20 Å². The molecule has 0 unspecified atom stereocenters. The normalized spacial score (nSPS) is 11.3.